The second-order valence-electron chi connectivity index (χ2n) is 3.94. The molecule has 1 aromatic heterocycles. The summed E-state index contributed by atoms with van der Waals surface area (Å²) in [7, 11) is 0. The SMILES string of the molecule is O=C(NC(=O)c1ccncc1[N+](=O)[O-])c1ccc(Br)cc1. The van der Waals surface area contributed by atoms with Crippen LogP contribution in [-0.2, 0) is 0 Å². The Balaban J connectivity index is 2.20. The zero-order valence-corrected chi connectivity index (χ0v) is 12.0. The summed E-state index contributed by atoms with van der Waals surface area (Å²) < 4.78 is 0.787. The highest BCUT2D eigenvalue weighted by Crippen LogP contribution is 2.16. The Kier molecular flexibility index (Phi) is 4.39. The van der Waals surface area contributed by atoms with Gasteiger partial charge in [-0.3, -0.25) is 30.0 Å². The lowest BCUT2D eigenvalue weighted by molar-refractivity contribution is -0.385. The molecule has 2 amide bonds. The van der Waals surface area contributed by atoms with E-state index in [1.807, 2.05) is 0 Å². The number of carbonyl (C=O) groups excluding carboxylic acids is 2. The number of aromatic nitrogens is 1. The molecule has 2 aromatic rings. The third kappa shape index (κ3) is 3.48. The molecule has 0 saturated heterocycles. The number of carbonyl (C=O) groups is 2. The van der Waals surface area contributed by atoms with Crippen LogP contribution in [0.3, 0.4) is 0 Å². The van der Waals surface area contributed by atoms with E-state index >= 15 is 0 Å². The molecule has 106 valence electrons. The highest BCUT2D eigenvalue weighted by atomic mass is 79.9. The minimum atomic E-state index is -0.850. The van der Waals surface area contributed by atoms with E-state index < -0.39 is 22.4 Å². The number of pyridine rings is 1. The van der Waals surface area contributed by atoms with Crippen LogP contribution in [0, 0.1) is 10.1 Å². The van der Waals surface area contributed by atoms with Crippen molar-refractivity contribution in [3.63, 3.8) is 0 Å². The van der Waals surface area contributed by atoms with Crippen LogP contribution >= 0.6 is 15.9 Å². The molecule has 0 spiro atoms. The fourth-order valence-electron chi connectivity index (χ4n) is 1.57. The third-order valence-electron chi connectivity index (χ3n) is 2.57. The van der Waals surface area contributed by atoms with Gasteiger partial charge in [0.25, 0.3) is 17.5 Å². The monoisotopic (exact) mass is 349 g/mol. The Bertz CT molecular complexity index is 716. The van der Waals surface area contributed by atoms with Gasteiger partial charge in [-0.2, -0.15) is 0 Å². The summed E-state index contributed by atoms with van der Waals surface area (Å²) in [6.07, 6.45) is 2.20. The van der Waals surface area contributed by atoms with Crippen LogP contribution in [0.5, 0.6) is 0 Å². The van der Waals surface area contributed by atoms with Crippen LogP contribution in [0.4, 0.5) is 5.69 Å². The van der Waals surface area contributed by atoms with Crippen molar-refractivity contribution in [3.05, 3.63) is 68.4 Å². The van der Waals surface area contributed by atoms with Gasteiger partial charge in [0.15, 0.2) is 0 Å². The second-order valence-corrected chi connectivity index (χ2v) is 4.86. The maximum atomic E-state index is 11.9. The number of nitrogens with zero attached hydrogens (tertiary/aromatic N) is 2. The molecular formula is C13H8BrN3O4. The van der Waals surface area contributed by atoms with E-state index in [9.17, 15) is 19.7 Å². The van der Waals surface area contributed by atoms with Gasteiger partial charge in [-0.15, -0.1) is 0 Å². The summed E-state index contributed by atoms with van der Waals surface area (Å²) in [5.74, 6) is -1.49. The molecule has 1 aromatic carbocycles. The summed E-state index contributed by atoms with van der Waals surface area (Å²) in [4.78, 5) is 37.5. The van der Waals surface area contributed by atoms with Gasteiger partial charge in [0.05, 0.1) is 4.92 Å². The summed E-state index contributed by atoms with van der Waals surface area (Å²) in [5.41, 5.74) is -0.415. The van der Waals surface area contributed by atoms with E-state index in [1.165, 1.54) is 24.4 Å². The first-order valence-electron chi connectivity index (χ1n) is 5.68. The molecule has 0 aliphatic carbocycles. The van der Waals surface area contributed by atoms with Gasteiger partial charge >= 0.3 is 0 Å². The number of imide groups is 1. The lowest BCUT2D eigenvalue weighted by Crippen LogP contribution is -2.30. The number of nitro groups is 1. The van der Waals surface area contributed by atoms with Crippen molar-refractivity contribution >= 4 is 33.4 Å². The Morgan fingerprint density at radius 2 is 1.81 bits per heavy atom. The van der Waals surface area contributed by atoms with E-state index in [0.29, 0.717) is 0 Å². The first kappa shape index (κ1) is 14.8. The van der Waals surface area contributed by atoms with E-state index in [1.54, 1.807) is 12.1 Å². The lowest BCUT2D eigenvalue weighted by atomic mass is 10.2. The van der Waals surface area contributed by atoms with Crippen molar-refractivity contribution in [1.82, 2.24) is 10.3 Å². The maximum Gasteiger partial charge on any atom is 0.300 e. The van der Waals surface area contributed by atoms with Crippen LogP contribution in [0.15, 0.2) is 47.2 Å². The number of nitrogens with one attached hydrogen (secondary N) is 1. The van der Waals surface area contributed by atoms with Crippen molar-refractivity contribution in [2.45, 2.75) is 0 Å². The Hall–Kier alpha value is -2.61. The molecule has 0 bridgehead atoms. The lowest BCUT2D eigenvalue weighted by Gasteiger charge is -2.04. The normalized spacial score (nSPS) is 9.95. The summed E-state index contributed by atoms with van der Waals surface area (Å²) in [6, 6.07) is 7.52. The smallest absolute Gasteiger partial charge is 0.288 e. The van der Waals surface area contributed by atoms with Gasteiger partial charge in [-0.1, -0.05) is 15.9 Å². The zero-order chi connectivity index (χ0) is 15.4. The minimum Gasteiger partial charge on any atom is -0.288 e. The predicted octanol–water partition coefficient (Wildman–Crippen LogP) is 2.32. The molecule has 7 nitrogen and oxygen atoms in total. The molecule has 0 aliphatic heterocycles. The fourth-order valence-corrected chi connectivity index (χ4v) is 1.83. The topological polar surface area (TPSA) is 102 Å². The maximum absolute atomic E-state index is 11.9. The molecule has 2 rings (SSSR count). The van der Waals surface area contributed by atoms with Crippen molar-refractivity contribution in [2.75, 3.05) is 0 Å². The van der Waals surface area contributed by atoms with Crippen molar-refractivity contribution in [3.8, 4) is 0 Å². The second kappa shape index (κ2) is 6.23. The minimum absolute atomic E-state index is 0.222. The number of hydrogen-bond donors (Lipinski definition) is 1. The standard InChI is InChI=1S/C13H8BrN3O4/c14-9-3-1-8(2-4-9)12(18)16-13(19)10-5-6-15-7-11(10)17(20)21/h1-7H,(H,16,18,19). The van der Waals surface area contributed by atoms with E-state index in [4.69, 9.17) is 0 Å². The van der Waals surface area contributed by atoms with Gasteiger partial charge in [0, 0.05) is 16.2 Å². The zero-order valence-electron chi connectivity index (χ0n) is 10.4. The molecule has 0 radical (unpaired) electrons. The molecule has 0 saturated carbocycles. The summed E-state index contributed by atoms with van der Waals surface area (Å²) >= 11 is 3.23. The first-order chi connectivity index (χ1) is 9.99. The van der Waals surface area contributed by atoms with Gasteiger partial charge in [0.1, 0.15) is 11.8 Å². The van der Waals surface area contributed by atoms with Gasteiger partial charge in [-0.25, -0.2) is 0 Å². The highest BCUT2D eigenvalue weighted by Gasteiger charge is 2.21. The van der Waals surface area contributed by atoms with Crippen LogP contribution in [0.2, 0.25) is 0 Å². The number of amides is 2. The molecule has 0 fully saturated rings. The molecular weight excluding hydrogens is 342 g/mol. The van der Waals surface area contributed by atoms with Crippen LogP contribution in [0.25, 0.3) is 0 Å². The molecule has 1 heterocycles. The molecule has 8 heteroatoms. The number of hydrogen-bond acceptors (Lipinski definition) is 5. The number of rotatable bonds is 3. The molecule has 0 aliphatic rings. The van der Waals surface area contributed by atoms with Gasteiger partial charge in [-0.05, 0) is 30.3 Å². The van der Waals surface area contributed by atoms with Gasteiger partial charge in [0.2, 0.25) is 0 Å². The number of benzene rings is 1. The van der Waals surface area contributed by atoms with Crippen molar-refractivity contribution in [1.29, 1.82) is 0 Å². The van der Waals surface area contributed by atoms with Crippen molar-refractivity contribution in [2.24, 2.45) is 0 Å². The Morgan fingerprint density at radius 1 is 1.14 bits per heavy atom. The third-order valence-corrected chi connectivity index (χ3v) is 3.10. The quantitative estimate of drug-likeness (QED) is 0.520. The number of halogens is 1. The first-order valence-corrected chi connectivity index (χ1v) is 6.48. The highest BCUT2D eigenvalue weighted by molar-refractivity contribution is 9.10. The van der Waals surface area contributed by atoms with Gasteiger partial charge < -0.3 is 0 Å². The van der Waals surface area contributed by atoms with Crippen molar-refractivity contribution < 1.29 is 14.5 Å². The Labute approximate surface area is 127 Å². The summed E-state index contributed by atoms with van der Waals surface area (Å²) in [5, 5.41) is 12.9. The fraction of sp³-hybridized carbons (Fsp3) is 0. The van der Waals surface area contributed by atoms with E-state index in [2.05, 4.69) is 26.2 Å². The molecule has 0 atom stereocenters. The molecule has 0 unspecified atom stereocenters. The molecule has 1 N–H and O–H groups in total. The Morgan fingerprint density at radius 3 is 2.43 bits per heavy atom. The van der Waals surface area contributed by atoms with E-state index in [0.717, 1.165) is 10.7 Å². The average Bonchev–Trinajstić information content (AvgIpc) is 2.47. The average molecular weight is 350 g/mol. The van der Waals surface area contributed by atoms with Crippen LogP contribution in [0.1, 0.15) is 20.7 Å². The predicted molar refractivity (Wildman–Crippen MR) is 76.8 cm³/mol. The van der Waals surface area contributed by atoms with Crippen LogP contribution < -0.4 is 5.32 Å². The van der Waals surface area contributed by atoms with E-state index in [-0.39, 0.29) is 11.1 Å². The largest absolute Gasteiger partial charge is 0.300 e. The molecule has 21 heavy (non-hydrogen) atoms. The van der Waals surface area contributed by atoms with Crippen LogP contribution in [-0.4, -0.2) is 21.7 Å². The summed E-state index contributed by atoms with van der Waals surface area (Å²) in [6.45, 7) is 0.